The molecule has 1 aromatic rings. The largest absolute Gasteiger partial charge is 0.378 e. The number of ether oxygens (including phenoxy) is 1. The van der Waals surface area contributed by atoms with Crippen LogP contribution in [0.2, 0.25) is 0 Å². The van der Waals surface area contributed by atoms with Crippen molar-refractivity contribution in [2.75, 3.05) is 13.7 Å². The highest BCUT2D eigenvalue weighted by atomic mass is 32.1. The molecule has 2 aliphatic carbocycles. The first kappa shape index (κ1) is 18.6. The molecular formula is C19H32N4OS. The monoisotopic (exact) mass is 364 g/mol. The van der Waals surface area contributed by atoms with Gasteiger partial charge in [0.05, 0.1) is 18.3 Å². The van der Waals surface area contributed by atoms with Gasteiger partial charge in [0.2, 0.25) is 0 Å². The number of nitrogens with one attached hydrogen (secondary N) is 2. The standard InChI is InChI=1S/C19H32N4OS/c1-6-24-15-10-13(19(15)8-7-9-19)23-17(20-5)21-11-16-22-14(12-25-16)18(2,3)4/h12-13,15H,6-11H2,1-5H3,(H2,20,21,23). The Hall–Kier alpha value is -1.14. The van der Waals surface area contributed by atoms with Gasteiger partial charge in [0.1, 0.15) is 5.01 Å². The first-order chi connectivity index (χ1) is 11.9. The minimum absolute atomic E-state index is 0.103. The average Bonchev–Trinajstić information content (AvgIpc) is 2.96. The lowest BCUT2D eigenvalue weighted by molar-refractivity contribution is -0.168. The van der Waals surface area contributed by atoms with Crippen LogP contribution in [0.4, 0.5) is 0 Å². The van der Waals surface area contributed by atoms with E-state index in [9.17, 15) is 0 Å². The quantitative estimate of drug-likeness (QED) is 0.621. The molecule has 3 rings (SSSR count). The van der Waals surface area contributed by atoms with Crippen LogP contribution in [0.1, 0.15) is 64.1 Å². The summed E-state index contributed by atoms with van der Waals surface area (Å²) in [5, 5.41) is 10.3. The van der Waals surface area contributed by atoms with Gasteiger partial charge in [-0.1, -0.05) is 27.2 Å². The van der Waals surface area contributed by atoms with Crippen molar-refractivity contribution in [3.8, 4) is 0 Å². The molecule has 0 radical (unpaired) electrons. The molecule has 0 amide bonds. The van der Waals surface area contributed by atoms with Crippen LogP contribution < -0.4 is 10.6 Å². The Balaban J connectivity index is 1.53. The second-order valence-corrected chi connectivity index (χ2v) is 9.21. The van der Waals surface area contributed by atoms with E-state index in [2.05, 4.69) is 48.7 Å². The molecule has 1 heterocycles. The first-order valence-electron chi connectivity index (χ1n) is 9.42. The summed E-state index contributed by atoms with van der Waals surface area (Å²) in [5.41, 5.74) is 1.60. The van der Waals surface area contributed by atoms with Crippen molar-refractivity contribution in [3.63, 3.8) is 0 Å². The van der Waals surface area contributed by atoms with E-state index in [1.54, 1.807) is 11.3 Å². The zero-order valence-corrected chi connectivity index (χ0v) is 17.0. The Labute approximate surface area is 155 Å². The number of aliphatic imine (C=N–C) groups is 1. The summed E-state index contributed by atoms with van der Waals surface area (Å²) in [7, 11) is 1.84. The maximum atomic E-state index is 5.94. The smallest absolute Gasteiger partial charge is 0.191 e. The molecule has 0 bridgehead atoms. The molecule has 2 fully saturated rings. The second-order valence-electron chi connectivity index (χ2n) is 8.27. The molecule has 2 unspecified atom stereocenters. The second kappa shape index (κ2) is 7.23. The van der Waals surface area contributed by atoms with E-state index in [1.807, 2.05) is 7.05 Å². The third-order valence-corrected chi connectivity index (χ3v) is 6.55. The Kier molecular flexibility index (Phi) is 5.40. The van der Waals surface area contributed by atoms with Crippen LogP contribution in [0, 0.1) is 5.41 Å². The van der Waals surface area contributed by atoms with Crippen LogP contribution in [0.5, 0.6) is 0 Å². The van der Waals surface area contributed by atoms with Gasteiger partial charge in [0.25, 0.3) is 0 Å². The van der Waals surface area contributed by atoms with Gasteiger partial charge in [0.15, 0.2) is 5.96 Å². The molecule has 140 valence electrons. The SMILES string of the molecule is CCOC1CC(NC(=NC)NCc2nc(C(C)(C)C)cs2)C12CCC2. The van der Waals surface area contributed by atoms with E-state index in [4.69, 9.17) is 9.72 Å². The lowest BCUT2D eigenvalue weighted by atomic mass is 9.51. The molecule has 1 spiro atoms. The van der Waals surface area contributed by atoms with Crippen molar-refractivity contribution < 1.29 is 4.74 Å². The van der Waals surface area contributed by atoms with Gasteiger partial charge in [-0.25, -0.2) is 4.98 Å². The van der Waals surface area contributed by atoms with E-state index in [0.29, 0.717) is 17.6 Å². The number of hydrogen-bond acceptors (Lipinski definition) is 4. The molecule has 2 N–H and O–H groups in total. The van der Waals surface area contributed by atoms with Crippen molar-refractivity contribution in [2.45, 2.75) is 77.5 Å². The zero-order chi connectivity index (χ0) is 18.1. The van der Waals surface area contributed by atoms with Crippen LogP contribution in [-0.2, 0) is 16.7 Å². The molecule has 0 aromatic carbocycles. The fourth-order valence-electron chi connectivity index (χ4n) is 3.90. The maximum absolute atomic E-state index is 5.94. The summed E-state index contributed by atoms with van der Waals surface area (Å²) in [4.78, 5) is 9.15. The van der Waals surface area contributed by atoms with Crippen molar-refractivity contribution >= 4 is 17.3 Å². The summed E-state index contributed by atoms with van der Waals surface area (Å²) in [6.07, 6.45) is 5.37. The van der Waals surface area contributed by atoms with Crippen LogP contribution in [0.15, 0.2) is 10.4 Å². The number of guanidine groups is 1. The molecule has 2 saturated carbocycles. The minimum atomic E-state index is 0.103. The van der Waals surface area contributed by atoms with E-state index >= 15 is 0 Å². The van der Waals surface area contributed by atoms with E-state index in [-0.39, 0.29) is 5.41 Å². The van der Waals surface area contributed by atoms with E-state index in [0.717, 1.165) is 36.2 Å². The van der Waals surface area contributed by atoms with Crippen molar-refractivity contribution in [1.82, 2.24) is 15.6 Å². The molecule has 2 atom stereocenters. The Bertz CT molecular complexity index is 615. The van der Waals surface area contributed by atoms with Gasteiger partial charge in [-0.3, -0.25) is 4.99 Å². The number of hydrogen-bond donors (Lipinski definition) is 2. The molecule has 1 aromatic heterocycles. The predicted molar refractivity (Wildman–Crippen MR) is 104 cm³/mol. The summed E-state index contributed by atoms with van der Waals surface area (Å²) in [5.74, 6) is 0.874. The molecule has 0 saturated heterocycles. The molecule has 5 nitrogen and oxygen atoms in total. The minimum Gasteiger partial charge on any atom is -0.378 e. The molecular weight excluding hydrogens is 332 g/mol. The van der Waals surface area contributed by atoms with Gasteiger partial charge in [0, 0.05) is 35.9 Å². The fraction of sp³-hybridized carbons (Fsp3) is 0.789. The van der Waals surface area contributed by atoms with E-state index in [1.165, 1.54) is 19.3 Å². The van der Waals surface area contributed by atoms with Gasteiger partial charge >= 0.3 is 0 Å². The third-order valence-electron chi connectivity index (χ3n) is 5.70. The molecule has 6 heteroatoms. The van der Waals surface area contributed by atoms with Gasteiger partial charge in [-0.05, 0) is 26.2 Å². The van der Waals surface area contributed by atoms with Crippen molar-refractivity contribution in [1.29, 1.82) is 0 Å². The van der Waals surface area contributed by atoms with Gasteiger partial charge in [-0.2, -0.15) is 0 Å². The molecule has 2 aliphatic rings. The van der Waals surface area contributed by atoms with Gasteiger partial charge in [-0.15, -0.1) is 11.3 Å². The highest BCUT2D eigenvalue weighted by Gasteiger charge is 2.59. The first-order valence-corrected chi connectivity index (χ1v) is 10.3. The zero-order valence-electron chi connectivity index (χ0n) is 16.2. The third kappa shape index (κ3) is 3.70. The Morgan fingerprint density at radius 1 is 1.44 bits per heavy atom. The Morgan fingerprint density at radius 3 is 2.72 bits per heavy atom. The number of nitrogens with zero attached hydrogens (tertiary/aromatic N) is 2. The van der Waals surface area contributed by atoms with Crippen LogP contribution in [-0.4, -0.2) is 36.7 Å². The summed E-state index contributed by atoms with van der Waals surface area (Å²) < 4.78 is 5.94. The highest BCUT2D eigenvalue weighted by Crippen LogP contribution is 2.57. The van der Waals surface area contributed by atoms with Crippen LogP contribution in [0.3, 0.4) is 0 Å². The summed E-state index contributed by atoms with van der Waals surface area (Å²) in [6, 6.07) is 0.477. The average molecular weight is 365 g/mol. The van der Waals surface area contributed by atoms with Crippen LogP contribution >= 0.6 is 11.3 Å². The summed E-state index contributed by atoms with van der Waals surface area (Å²) >= 11 is 1.71. The van der Waals surface area contributed by atoms with E-state index < -0.39 is 0 Å². The number of thiazole rings is 1. The fourth-order valence-corrected chi connectivity index (χ4v) is 4.86. The molecule has 0 aliphatic heterocycles. The maximum Gasteiger partial charge on any atom is 0.191 e. The van der Waals surface area contributed by atoms with Gasteiger partial charge < -0.3 is 15.4 Å². The van der Waals surface area contributed by atoms with Crippen LogP contribution in [0.25, 0.3) is 0 Å². The lowest BCUT2D eigenvalue weighted by Crippen LogP contribution is -2.68. The highest BCUT2D eigenvalue weighted by molar-refractivity contribution is 7.09. The number of aromatic nitrogens is 1. The van der Waals surface area contributed by atoms with Crippen molar-refractivity contribution in [2.24, 2.45) is 10.4 Å². The predicted octanol–water partition coefficient (Wildman–Crippen LogP) is 3.45. The molecule has 25 heavy (non-hydrogen) atoms. The normalized spacial score (nSPS) is 25.4. The summed E-state index contributed by atoms with van der Waals surface area (Å²) in [6.45, 7) is 10.2. The Morgan fingerprint density at radius 2 is 2.20 bits per heavy atom. The lowest BCUT2D eigenvalue weighted by Gasteiger charge is -2.61. The number of rotatable bonds is 5. The topological polar surface area (TPSA) is 58.5 Å². The van der Waals surface area contributed by atoms with Crippen molar-refractivity contribution in [3.05, 3.63) is 16.1 Å².